The summed E-state index contributed by atoms with van der Waals surface area (Å²) in [6.45, 7) is 4.97. The van der Waals surface area contributed by atoms with E-state index in [4.69, 9.17) is 18.9 Å². The fraction of sp³-hybridized carbons (Fsp3) is 0.922. The minimum atomic E-state index is -1.51. The highest BCUT2D eigenvalue weighted by atomic mass is 16.7. The molecule has 0 heterocycles. The van der Waals surface area contributed by atoms with Crippen molar-refractivity contribution >= 4 is 17.9 Å². The normalized spacial score (nSPS) is 12.6. The molecule has 0 saturated carbocycles. The summed E-state index contributed by atoms with van der Waals surface area (Å²) in [7, 11) is 6.01. The number of allylic oxidation sites excluding steroid dienone is 4. The van der Waals surface area contributed by atoms with Crippen molar-refractivity contribution in [1.29, 1.82) is 0 Å². The van der Waals surface area contributed by atoms with E-state index in [1.54, 1.807) is 0 Å². The molecule has 2 atom stereocenters. The third-order valence-electron chi connectivity index (χ3n) is 20.7. The molecule has 0 aromatic carbocycles. The van der Waals surface area contributed by atoms with Gasteiger partial charge in [-0.05, 0) is 64.2 Å². The quantitative estimate of drug-likeness (QED) is 0.0211. The van der Waals surface area contributed by atoms with Gasteiger partial charge in [0.15, 0.2) is 6.10 Å². The molecule has 9 heteroatoms. The molecule has 0 bridgehead atoms. The number of ether oxygens (including phenoxy) is 4. The summed E-state index contributed by atoms with van der Waals surface area (Å²) in [5.41, 5.74) is 0. The molecule has 0 amide bonds. The van der Waals surface area contributed by atoms with Gasteiger partial charge in [0, 0.05) is 12.8 Å². The van der Waals surface area contributed by atoms with Crippen molar-refractivity contribution in [3.63, 3.8) is 0 Å². The van der Waals surface area contributed by atoms with Crippen molar-refractivity contribution in [3.8, 4) is 0 Å². The van der Waals surface area contributed by atoms with E-state index < -0.39 is 18.4 Å². The predicted molar refractivity (Wildman–Crippen MR) is 429 cm³/mol. The Morgan fingerprint density at radius 1 is 0.293 bits per heavy atom. The van der Waals surface area contributed by atoms with Crippen LogP contribution in [0.4, 0.5) is 0 Å². The van der Waals surface area contributed by atoms with E-state index >= 15 is 0 Å². The summed E-state index contributed by atoms with van der Waals surface area (Å²) in [6, 6.07) is 0. The van der Waals surface area contributed by atoms with Crippen LogP contribution in [0.5, 0.6) is 0 Å². The first kappa shape index (κ1) is 96.8. The van der Waals surface area contributed by atoms with E-state index in [0.29, 0.717) is 17.4 Å². The fourth-order valence-corrected chi connectivity index (χ4v) is 13.9. The molecule has 0 fully saturated rings. The Hall–Kier alpha value is -2.23. The maximum absolute atomic E-state index is 13.0. The zero-order chi connectivity index (χ0) is 71.8. The predicted octanol–water partition coefficient (Wildman–Crippen LogP) is 28.8. The molecule has 586 valence electrons. The second kappa shape index (κ2) is 81.4. The van der Waals surface area contributed by atoms with Gasteiger partial charge in [-0.3, -0.25) is 9.59 Å². The smallest absolute Gasteiger partial charge is 0.361 e. The Bertz CT molecular complexity index is 1680. The molecule has 0 aliphatic carbocycles. The Labute approximate surface area is 618 Å². The third kappa shape index (κ3) is 82.9. The van der Waals surface area contributed by atoms with E-state index in [2.05, 4.69) is 38.2 Å². The van der Waals surface area contributed by atoms with Crippen LogP contribution in [0.25, 0.3) is 0 Å². The maximum atomic E-state index is 13.0. The largest absolute Gasteiger partial charge is 0.477 e. The van der Waals surface area contributed by atoms with E-state index in [1.165, 1.54) is 411 Å². The van der Waals surface area contributed by atoms with Crippen LogP contribution in [-0.2, 0) is 33.3 Å². The third-order valence-corrected chi connectivity index (χ3v) is 20.7. The maximum Gasteiger partial charge on any atom is 0.361 e. The van der Waals surface area contributed by atoms with Gasteiger partial charge in [-0.25, -0.2) is 4.79 Å². The minimum Gasteiger partial charge on any atom is -0.477 e. The topological polar surface area (TPSA) is 108 Å². The number of likely N-dealkylation sites (N-methyl/N-ethyl adjacent to an activating group) is 1. The number of unbranched alkanes of at least 4 members (excludes halogenated alkanes) is 66. The van der Waals surface area contributed by atoms with Crippen LogP contribution in [0.3, 0.4) is 0 Å². The van der Waals surface area contributed by atoms with Crippen LogP contribution >= 0.6 is 0 Å². The van der Waals surface area contributed by atoms with Gasteiger partial charge in [-0.2, -0.15) is 0 Å². The van der Waals surface area contributed by atoms with Crippen LogP contribution in [0.1, 0.15) is 476 Å². The molecule has 1 N–H and O–H groups in total. The second-order valence-corrected chi connectivity index (χ2v) is 31.9. The average Bonchev–Trinajstić information content (AvgIpc) is 1.14. The summed E-state index contributed by atoms with van der Waals surface area (Å²) >= 11 is 0. The Morgan fingerprint density at radius 2 is 0.515 bits per heavy atom. The lowest BCUT2D eigenvalue weighted by Gasteiger charge is -2.25. The molecule has 0 aliphatic heterocycles. The Kier molecular flexibility index (Phi) is 79.6. The standard InChI is InChI=1S/C90H173NO8/c1-6-8-10-12-14-16-18-20-22-24-26-28-30-32-34-36-38-40-42-43-44-45-47-49-51-53-55-57-59-61-63-65-67-69-71-73-75-77-79-81-88(93)99-86(85-98-90(89(94)95)96-83-82-91(3,4)5)84-97-87(92)80-78-76-74-72-70-68-66-64-62-60-58-56-54-52-50-48-46-41-39-37-35-33-31-29-27-25-23-21-19-17-15-13-11-9-7-2/h24-27,86,90H,6-23,28-85H2,1-5H3/p+1/b26-24-,27-25-. The van der Waals surface area contributed by atoms with Crippen molar-refractivity contribution < 1.29 is 42.9 Å². The van der Waals surface area contributed by atoms with Crippen LogP contribution < -0.4 is 0 Å². The van der Waals surface area contributed by atoms with Gasteiger partial charge >= 0.3 is 17.9 Å². The molecule has 99 heavy (non-hydrogen) atoms. The zero-order valence-electron chi connectivity index (χ0n) is 67.5. The van der Waals surface area contributed by atoms with Crippen LogP contribution in [0, 0.1) is 0 Å². The van der Waals surface area contributed by atoms with Gasteiger partial charge in [0.25, 0.3) is 6.29 Å². The second-order valence-electron chi connectivity index (χ2n) is 31.9. The highest BCUT2D eigenvalue weighted by Gasteiger charge is 2.25. The monoisotopic (exact) mass is 1400 g/mol. The van der Waals surface area contributed by atoms with Crippen molar-refractivity contribution in [2.24, 2.45) is 0 Å². The summed E-state index contributed by atoms with van der Waals surface area (Å²) in [4.78, 5) is 37.8. The number of aliphatic carboxylic acids is 1. The summed E-state index contributed by atoms with van der Waals surface area (Å²) < 4.78 is 23.1. The van der Waals surface area contributed by atoms with Crippen molar-refractivity contribution in [2.75, 3.05) is 47.5 Å². The van der Waals surface area contributed by atoms with Crippen LogP contribution in [-0.4, -0.2) is 87.4 Å². The number of carboxylic acid groups (broad SMARTS) is 1. The number of carboxylic acids is 1. The lowest BCUT2D eigenvalue weighted by molar-refractivity contribution is -0.870. The number of quaternary nitrogens is 1. The number of hydrogen-bond acceptors (Lipinski definition) is 7. The van der Waals surface area contributed by atoms with Crippen molar-refractivity contribution in [2.45, 2.75) is 489 Å². The number of carbonyl (C=O) groups is 3. The number of hydrogen-bond donors (Lipinski definition) is 1. The van der Waals surface area contributed by atoms with Gasteiger partial charge in [-0.15, -0.1) is 0 Å². The first-order valence-corrected chi connectivity index (χ1v) is 44.5. The Morgan fingerprint density at radius 3 is 0.747 bits per heavy atom. The first-order chi connectivity index (χ1) is 48.6. The van der Waals surface area contributed by atoms with Crippen LogP contribution in [0.2, 0.25) is 0 Å². The SMILES string of the molecule is CCCCCCCCCC/C=C\CCCCCCCCCCCCCCCCCCCCCCCCCCCCCC(=O)OC(COC(=O)CCCCCCCCCCCCCCCCCCCCCCCCC/C=C\CCCCCCCCCC)COC(OCC[N+](C)(C)C)C(=O)O. The Balaban J connectivity index is 3.89. The van der Waals surface area contributed by atoms with Gasteiger partial charge < -0.3 is 28.5 Å². The molecule has 0 radical (unpaired) electrons. The summed E-state index contributed by atoms with van der Waals surface area (Å²) in [6.07, 6.45) is 102. The first-order valence-electron chi connectivity index (χ1n) is 44.5. The number of carbonyl (C=O) groups excluding carboxylic acids is 2. The fourth-order valence-electron chi connectivity index (χ4n) is 13.9. The molecule has 2 unspecified atom stereocenters. The highest BCUT2D eigenvalue weighted by Crippen LogP contribution is 2.21. The molecule has 0 saturated heterocycles. The molecule has 9 nitrogen and oxygen atoms in total. The van der Waals surface area contributed by atoms with Gasteiger partial charge in [0.1, 0.15) is 13.2 Å². The zero-order valence-corrected chi connectivity index (χ0v) is 67.5. The number of esters is 2. The summed E-state index contributed by atoms with van der Waals surface area (Å²) in [5.74, 6) is -1.96. The van der Waals surface area contributed by atoms with Gasteiger partial charge in [0.2, 0.25) is 0 Å². The molecule has 0 aromatic heterocycles. The molecular weight excluding hydrogens is 1220 g/mol. The molecule has 0 spiro atoms. The molecule has 0 aromatic rings. The molecule has 0 aliphatic rings. The van der Waals surface area contributed by atoms with Crippen molar-refractivity contribution in [3.05, 3.63) is 24.3 Å². The van der Waals surface area contributed by atoms with E-state index in [0.717, 1.165) is 38.5 Å². The average molecular weight is 1400 g/mol. The van der Waals surface area contributed by atoms with Crippen molar-refractivity contribution in [1.82, 2.24) is 0 Å². The summed E-state index contributed by atoms with van der Waals surface area (Å²) in [5, 5.41) is 9.79. The molecular formula is C90H174NO8+. The van der Waals surface area contributed by atoms with Gasteiger partial charge in [0.05, 0.1) is 34.4 Å². The minimum absolute atomic E-state index is 0.173. The lowest BCUT2D eigenvalue weighted by atomic mass is 10.0. The van der Waals surface area contributed by atoms with E-state index in [-0.39, 0.29) is 38.2 Å². The van der Waals surface area contributed by atoms with E-state index in [9.17, 15) is 19.5 Å². The van der Waals surface area contributed by atoms with E-state index in [1.807, 2.05) is 21.1 Å². The highest BCUT2D eigenvalue weighted by molar-refractivity contribution is 5.71. The number of rotatable bonds is 85. The van der Waals surface area contributed by atoms with Crippen LogP contribution in [0.15, 0.2) is 24.3 Å². The van der Waals surface area contributed by atoms with Gasteiger partial charge in [-0.1, -0.05) is 423 Å². The lowest BCUT2D eigenvalue weighted by Crippen LogP contribution is -2.40. The number of nitrogens with zero attached hydrogens (tertiary/aromatic N) is 1. The molecule has 0 rings (SSSR count).